The molecule has 1 spiro atoms. The Labute approximate surface area is 151 Å². The number of benzene rings is 2. The molecule has 25 heavy (non-hydrogen) atoms. The molecular weight excluding hydrogens is 334 g/mol. The minimum atomic E-state index is -0.674. The van der Waals surface area contributed by atoms with Gasteiger partial charge in [-0.05, 0) is 47.6 Å². The Hall–Kier alpha value is -2.01. The Morgan fingerprint density at radius 3 is 2.52 bits per heavy atom. The van der Waals surface area contributed by atoms with Gasteiger partial charge in [0.1, 0.15) is 0 Å². The van der Waals surface area contributed by atoms with Crippen molar-refractivity contribution in [1.82, 2.24) is 4.90 Å². The molecular formula is C20H21NO3S. The van der Waals surface area contributed by atoms with Gasteiger partial charge in [-0.25, -0.2) is 0 Å². The quantitative estimate of drug-likeness (QED) is 0.851. The average molecular weight is 355 g/mol. The number of carbonyl (C=O) groups excluding carboxylic acids is 1. The Bertz CT molecular complexity index is 827. The summed E-state index contributed by atoms with van der Waals surface area (Å²) < 4.78 is 0. The lowest BCUT2D eigenvalue weighted by Gasteiger charge is -2.32. The van der Waals surface area contributed by atoms with Crippen LogP contribution in [-0.4, -0.2) is 40.7 Å². The number of aliphatic carboxylic acids is 1. The van der Waals surface area contributed by atoms with Gasteiger partial charge >= 0.3 is 5.97 Å². The van der Waals surface area contributed by atoms with Crippen molar-refractivity contribution >= 4 is 34.4 Å². The minimum absolute atomic E-state index is 0.0197. The Balaban J connectivity index is 1.31. The number of hydrogen-bond donors (Lipinski definition) is 1. The monoisotopic (exact) mass is 355 g/mol. The summed E-state index contributed by atoms with van der Waals surface area (Å²) in [6.07, 6.45) is 2.45. The molecule has 2 aliphatic rings. The third kappa shape index (κ3) is 3.25. The third-order valence-electron chi connectivity index (χ3n) is 5.68. The maximum atomic E-state index is 12.5. The van der Waals surface area contributed by atoms with Gasteiger partial charge in [0.2, 0.25) is 5.91 Å². The lowest BCUT2D eigenvalue weighted by molar-refractivity contribution is -0.139. The van der Waals surface area contributed by atoms with Crippen molar-refractivity contribution in [3.8, 4) is 0 Å². The van der Waals surface area contributed by atoms with Crippen LogP contribution < -0.4 is 0 Å². The summed E-state index contributed by atoms with van der Waals surface area (Å²) in [5.41, 5.74) is -0.0197. The lowest BCUT2D eigenvalue weighted by Crippen LogP contribution is -2.40. The van der Waals surface area contributed by atoms with E-state index in [1.165, 1.54) is 10.8 Å². The van der Waals surface area contributed by atoms with Crippen LogP contribution in [0.5, 0.6) is 0 Å². The first kappa shape index (κ1) is 16.5. The number of rotatable bonds is 4. The molecule has 4 nitrogen and oxygen atoms in total. The maximum absolute atomic E-state index is 12.5. The molecule has 2 fully saturated rings. The number of thioether (sulfide) groups is 1. The number of hydrogen-bond acceptors (Lipinski definition) is 3. The van der Waals surface area contributed by atoms with E-state index in [0.29, 0.717) is 18.8 Å². The van der Waals surface area contributed by atoms with Crippen LogP contribution in [0.25, 0.3) is 10.8 Å². The molecule has 0 aromatic heterocycles. The predicted molar refractivity (Wildman–Crippen MR) is 98.7 cm³/mol. The van der Waals surface area contributed by atoms with E-state index in [0.717, 1.165) is 24.2 Å². The number of amides is 1. The van der Waals surface area contributed by atoms with Crippen LogP contribution in [0.2, 0.25) is 0 Å². The minimum Gasteiger partial charge on any atom is -0.481 e. The van der Waals surface area contributed by atoms with Crippen LogP contribution in [0.15, 0.2) is 47.4 Å². The van der Waals surface area contributed by atoms with Crippen molar-refractivity contribution in [2.24, 2.45) is 11.3 Å². The standard InChI is InChI=1S/C20H21NO3S/c22-18(21-9-7-20(8-10-21)12-17(20)19(23)24)13-25-16-6-5-14-3-1-2-4-15(14)11-16/h1-6,11,17H,7-10,12-13H2,(H,23,24). The van der Waals surface area contributed by atoms with Gasteiger partial charge in [0.05, 0.1) is 11.7 Å². The number of carbonyl (C=O) groups is 2. The van der Waals surface area contributed by atoms with Crippen LogP contribution in [0.4, 0.5) is 0 Å². The van der Waals surface area contributed by atoms with Gasteiger partial charge in [0.15, 0.2) is 0 Å². The van der Waals surface area contributed by atoms with Crippen LogP contribution in [0.1, 0.15) is 19.3 Å². The second kappa shape index (κ2) is 6.37. The van der Waals surface area contributed by atoms with E-state index in [1.54, 1.807) is 11.8 Å². The average Bonchev–Trinajstić information content (AvgIpc) is 3.34. The van der Waals surface area contributed by atoms with Gasteiger partial charge in [-0.1, -0.05) is 30.3 Å². The number of piperidine rings is 1. The van der Waals surface area contributed by atoms with E-state index in [-0.39, 0.29) is 17.2 Å². The Kier molecular flexibility index (Phi) is 4.20. The summed E-state index contributed by atoms with van der Waals surface area (Å²) >= 11 is 1.57. The van der Waals surface area contributed by atoms with E-state index in [1.807, 2.05) is 17.0 Å². The lowest BCUT2D eigenvalue weighted by atomic mass is 9.91. The van der Waals surface area contributed by atoms with Crippen molar-refractivity contribution in [3.05, 3.63) is 42.5 Å². The number of fused-ring (bicyclic) bond motifs is 1. The molecule has 4 rings (SSSR count). The molecule has 1 N–H and O–H groups in total. The summed E-state index contributed by atoms with van der Waals surface area (Å²) in [7, 11) is 0. The molecule has 1 saturated heterocycles. The Morgan fingerprint density at radius 2 is 1.84 bits per heavy atom. The van der Waals surface area contributed by atoms with Gasteiger partial charge in [0, 0.05) is 18.0 Å². The van der Waals surface area contributed by atoms with Crippen molar-refractivity contribution in [2.45, 2.75) is 24.2 Å². The molecule has 1 amide bonds. The topological polar surface area (TPSA) is 57.6 Å². The fraction of sp³-hybridized carbons (Fsp3) is 0.400. The molecule has 1 heterocycles. The molecule has 1 aliphatic heterocycles. The molecule has 0 radical (unpaired) electrons. The fourth-order valence-corrected chi connectivity index (χ4v) is 4.79. The first-order valence-electron chi connectivity index (χ1n) is 8.70. The number of carboxylic acid groups (broad SMARTS) is 1. The highest BCUT2D eigenvalue weighted by Gasteiger charge is 2.59. The van der Waals surface area contributed by atoms with E-state index in [2.05, 4.69) is 30.3 Å². The summed E-state index contributed by atoms with van der Waals surface area (Å²) in [6.45, 7) is 1.39. The predicted octanol–water partition coefficient (Wildman–Crippen LogP) is 3.65. The molecule has 1 unspecified atom stereocenters. The molecule has 5 heteroatoms. The summed E-state index contributed by atoms with van der Waals surface area (Å²) in [6, 6.07) is 14.5. The van der Waals surface area contributed by atoms with E-state index < -0.39 is 5.97 Å². The van der Waals surface area contributed by atoms with Crippen LogP contribution >= 0.6 is 11.8 Å². The molecule has 1 atom stereocenters. The largest absolute Gasteiger partial charge is 0.481 e. The maximum Gasteiger partial charge on any atom is 0.307 e. The van der Waals surface area contributed by atoms with E-state index >= 15 is 0 Å². The zero-order chi connectivity index (χ0) is 17.4. The zero-order valence-corrected chi connectivity index (χ0v) is 14.8. The first-order valence-corrected chi connectivity index (χ1v) is 9.68. The van der Waals surface area contributed by atoms with Gasteiger partial charge in [0.25, 0.3) is 0 Å². The highest BCUT2D eigenvalue weighted by Crippen LogP contribution is 2.59. The van der Waals surface area contributed by atoms with Crippen molar-refractivity contribution in [1.29, 1.82) is 0 Å². The van der Waals surface area contributed by atoms with E-state index in [4.69, 9.17) is 5.11 Å². The molecule has 2 aromatic rings. The van der Waals surface area contributed by atoms with Crippen LogP contribution in [-0.2, 0) is 9.59 Å². The highest BCUT2D eigenvalue weighted by atomic mass is 32.2. The fourth-order valence-electron chi connectivity index (χ4n) is 3.94. The van der Waals surface area contributed by atoms with Gasteiger partial charge < -0.3 is 10.0 Å². The third-order valence-corrected chi connectivity index (χ3v) is 6.66. The molecule has 130 valence electrons. The second-order valence-electron chi connectivity index (χ2n) is 7.14. The number of likely N-dealkylation sites (tertiary alicyclic amines) is 1. The molecule has 1 saturated carbocycles. The van der Waals surface area contributed by atoms with Gasteiger partial charge in [-0.3, -0.25) is 9.59 Å². The number of nitrogens with zero attached hydrogens (tertiary/aromatic N) is 1. The highest BCUT2D eigenvalue weighted by molar-refractivity contribution is 8.00. The second-order valence-corrected chi connectivity index (χ2v) is 8.18. The zero-order valence-electron chi connectivity index (χ0n) is 14.0. The summed E-state index contributed by atoms with van der Waals surface area (Å²) in [5.74, 6) is -0.267. The van der Waals surface area contributed by atoms with Crippen molar-refractivity contribution in [2.75, 3.05) is 18.8 Å². The summed E-state index contributed by atoms with van der Waals surface area (Å²) in [5, 5.41) is 11.5. The Morgan fingerprint density at radius 1 is 1.12 bits per heavy atom. The summed E-state index contributed by atoms with van der Waals surface area (Å²) in [4.78, 5) is 26.6. The SMILES string of the molecule is O=C(O)C1CC12CCN(C(=O)CSc1ccc3ccccc3c1)CC2. The van der Waals surface area contributed by atoms with Gasteiger partial charge in [-0.2, -0.15) is 0 Å². The number of carboxylic acids is 1. The van der Waals surface area contributed by atoms with E-state index in [9.17, 15) is 9.59 Å². The van der Waals surface area contributed by atoms with Crippen molar-refractivity contribution in [3.63, 3.8) is 0 Å². The first-order chi connectivity index (χ1) is 12.1. The molecule has 2 aromatic carbocycles. The van der Waals surface area contributed by atoms with Crippen LogP contribution in [0, 0.1) is 11.3 Å². The van der Waals surface area contributed by atoms with Crippen LogP contribution in [0.3, 0.4) is 0 Å². The molecule has 0 bridgehead atoms. The van der Waals surface area contributed by atoms with Gasteiger partial charge in [-0.15, -0.1) is 11.8 Å². The van der Waals surface area contributed by atoms with Crippen molar-refractivity contribution < 1.29 is 14.7 Å². The smallest absolute Gasteiger partial charge is 0.307 e. The molecule has 1 aliphatic carbocycles. The normalized spacial score (nSPS) is 21.4.